The van der Waals surface area contributed by atoms with E-state index in [1.54, 1.807) is 0 Å². The maximum absolute atomic E-state index is 10.6. The second kappa shape index (κ2) is 3.90. The predicted octanol–water partition coefficient (Wildman–Crippen LogP) is 1.05. The minimum atomic E-state index is -0.615. The van der Waals surface area contributed by atoms with Crippen LogP contribution >= 0.6 is 0 Å². The van der Waals surface area contributed by atoms with Gasteiger partial charge in [-0.25, -0.2) is 0 Å². The van der Waals surface area contributed by atoms with Gasteiger partial charge in [-0.3, -0.25) is 4.79 Å². The van der Waals surface area contributed by atoms with E-state index in [4.69, 9.17) is 5.11 Å². The lowest BCUT2D eigenvalue weighted by molar-refractivity contribution is -0.141. The predicted molar refractivity (Wildman–Crippen MR) is 47.0 cm³/mol. The molecule has 0 heterocycles. The molecule has 0 radical (unpaired) electrons. The largest absolute Gasteiger partial charge is 0.481 e. The molecule has 0 saturated heterocycles. The van der Waals surface area contributed by atoms with Crippen molar-refractivity contribution in [2.45, 2.75) is 19.3 Å². The molecule has 1 fully saturated rings. The molecule has 0 aromatic heterocycles. The van der Waals surface area contributed by atoms with Crippen molar-refractivity contribution in [3.8, 4) is 0 Å². The number of carboxylic acid groups (broad SMARTS) is 1. The highest BCUT2D eigenvalue weighted by atomic mass is 16.4. The monoisotopic (exact) mass is 171 g/mol. The molecule has 0 aromatic rings. The molecular formula is C9H17NO2. The quantitative estimate of drug-likeness (QED) is 0.690. The van der Waals surface area contributed by atoms with Gasteiger partial charge < -0.3 is 10.0 Å². The minimum absolute atomic E-state index is 0.0741. The molecule has 0 amide bonds. The van der Waals surface area contributed by atoms with Gasteiger partial charge in [0.2, 0.25) is 0 Å². The fourth-order valence-electron chi connectivity index (χ4n) is 1.98. The first-order valence-electron chi connectivity index (χ1n) is 4.47. The van der Waals surface area contributed by atoms with E-state index in [0.29, 0.717) is 5.92 Å². The van der Waals surface area contributed by atoms with Gasteiger partial charge in [-0.15, -0.1) is 0 Å². The molecule has 1 aliphatic rings. The highest BCUT2D eigenvalue weighted by Crippen LogP contribution is 2.31. The third-order valence-corrected chi connectivity index (χ3v) is 2.51. The summed E-state index contributed by atoms with van der Waals surface area (Å²) in [4.78, 5) is 12.8. The molecule has 2 unspecified atom stereocenters. The Hall–Kier alpha value is -0.570. The molecule has 1 saturated carbocycles. The topological polar surface area (TPSA) is 40.5 Å². The van der Waals surface area contributed by atoms with E-state index in [0.717, 1.165) is 25.8 Å². The zero-order valence-electron chi connectivity index (χ0n) is 7.79. The molecule has 1 N–H and O–H groups in total. The standard InChI is InChI=1S/C9H17NO2/c1-10(2)6-7-3-4-8(5-7)9(11)12/h7-8H,3-6H2,1-2H3,(H,11,12). The lowest BCUT2D eigenvalue weighted by Gasteiger charge is -2.15. The molecule has 3 nitrogen and oxygen atoms in total. The van der Waals surface area contributed by atoms with E-state index in [1.165, 1.54) is 0 Å². The Morgan fingerprint density at radius 1 is 1.50 bits per heavy atom. The summed E-state index contributed by atoms with van der Waals surface area (Å²) in [7, 11) is 4.07. The average Bonchev–Trinajstić information content (AvgIpc) is 2.34. The number of aliphatic carboxylic acids is 1. The molecule has 0 bridgehead atoms. The third kappa shape index (κ3) is 2.48. The number of nitrogens with zero attached hydrogens (tertiary/aromatic N) is 1. The highest BCUT2D eigenvalue weighted by Gasteiger charge is 2.29. The molecule has 0 aliphatic heterocycles. The SMILES string of the molecule is CN(C)CC1CCC(C(=O)O)C1. The van der Waals surface area contributed by atoms with Crippen LogP contribution in [0.1, 0.15) is 19.3 Å². The molecule has 1 rings (SSSR count). The Labute approximate surface area is 73.4 Å². The molecule has 3 heteroatoms. The zero-order valence-corrected chi connectivity index (χ0v) is 7.79. The number of hydrogen-bond donors (Lipinski definition) is 1. The lowest BCUT2D eigenvalue weighted by Crippen LogP contribution is -2.20. The summed E-state index contributed by atoms with van der Waals surface area (Å²) in [6.07, 6.45) is 2.82. The van der Waals surface area contributed by atoms with Gasteiger partial charge in [0.15, 0.2) is 0 Å². The van der Waals surface area contributed by atoms with Gasteiger partial charge in [0.25, 0.3) is 0 Å². The van der Waals surface area contributed by atoms with Gasteiger partial charge in [0.1, 0.15) is 0 Å². The van der Waals surface area contributed by atoms with Crippen molar-refractivity contribution >= 4 is 5.97 Å². The minimum Gasteiger partial charge on any atom is -0.481 e. The summed E-state index contributed by atoms with van der Waals surface area (Å²) in [5.41, 5.74) is 0. The summed E-state index contributed by atoms with van der Waals surface area (Å²) in [5, 5.41) is 8.75. The maximum Gasteiger partial charge on any atom is 0.306 e. The Kier molecular flexibility index (Phi) is 3.09. The van der Waals surface area contributed by atoms with Gasteiger partial charge in [0, 0.05) is 6.54 Å². The van der Waals surface area contributed by atoms with E-state index < -0.39 is 5.97 Å². The van der Waals surface area contributed by atoms with Crippen LogP contribution in [0.5, 0.6) is 0 Å². The summed E-state index contributed by atoms with van der Waals surface area (Å²) in [6, 6.07) is 0. The molecule has 0 spiro atoms. The summed E-state index contributed by atoms with van der Waals surface area (Å²) in [6.45, 7) is 1.03. The van der Waals surface area contributed by atoms with E-state index in [9.17, 15) is 4.79 Å². The summed E-state index contributed by atoms with van der Waals surface area (Å²) >= 11 is 0. The molecule has 70 valence electrons. The van der Waals surface area contributed by atoms with E-state index >= 15 is 0 Å². The van der Waals surface area contributed by atoms with Crippen LogP contribution in [-0.2, 0) is 4.79 Å². The van der Waals surface area contributed by atoms with E-state index in [2.05, 4.69) is 4.90 Å². The van der Waals surface area contributed by atoms with Crippen LogP contribution in [0.25, 0.3) is 0 Å². The molecule has 12 heavy (non-hydrogen) atoms. The Morgan fingerprint density at radius 3 is 2.58 bits per heavy atom. The van der Waals surface area contributed by atoms with Gasteiger partial charge in [0.05, 0.1) is 5.92 Å². The van der Waals surface area contributed by atoms with Gasteiger partial charge in [-0.1, -0.05) is 0 Å². The second-order valence-electron chi connectivity index (χ2n) is 3.98. The number of hydrogen-bond acceptors (Lipinski definition) is 2. The van der Waals surface area contributed by atoms with Crippen molar-refractivity contribution < 1.29 is 9.90 Å². The smallest absolute Gasteiger partial charge is 0.306 e. The van der Waals surface area contributed by atoms with Gasteiger partial charge in [-0.05, 0) is 39.3 Å². The van der Waals surface area contributed by atoms with Crippen LogP contribution in [0.15, 0.2) is 0 Å². The van der Waals surface area contributed by atoms with E-state index in [1.807, 2.05) is 14.1 Å². The molecule has 2 atom stereocenters. The van der Waals surface area contributed by atoms with E-state index in [-0.39, 0.29) is 5.92 Å². The fourth-order valence-corrected chi connectivity index (χ4v) is 1.98. The van der Waals surface area contributed by atoms with Gasteiger partial charge in [-0.2, -0.15) is 0 Å². The molecule has 0 aromatic carbocycles. The first-order valence-corrected chi connectivity index (χ1v) is 4.47. The molecule has 1 aliphatic carbocycles. The van der Waals surface area contributed by atoms with Crippen LogP contribution in [-0.4, -0.2) is 36.6 Å². The lowest BCUT2D eigenvalue weighted by atomic mass is 10.1. The van der Waals surface area contributed by atoms with Crippen LogP contribution in [0, 0.1) is 11.8 Å². The maximum atomic E-state index is 10.6. The molecular weight excluding hydrogens is 154 g/mol. The zero-order chi connectivity index (χ0) is 9.14. The van der Waals surface area contributed by atoms with Crippen molar-refractivity contribution in [2.75, 3.05) is 20.6 Å². The van der Waals surface area contributed by atoms with Crippen molar-refractivity contribution in [1.82, 2.24) is 4.90 Å². The highest BCUT2D eigenvalue weighted by molar-refractivity contribution is 5.70. The van der Waals surface area contributed by atoms with Crippen molar-refractivity contribution in [3.05, 3.63) is 0 Å². The fraction of sp³-hybridized carbons (Fsp3) is 0.889. The summed E-state index contributed by atoms with van der Waals surface area (Å²) < 4.78 is 0. The summed E-state index contributed by atoms with van der Waals surface area (Å²) in [5.74, 6) is -0.0905. The van der Waals surface area contributed by atoms with Crippen molar-refractivity contribution in [3.63, 3.8) is 0 Å². The average molecular weight is 171 g/mol. The van der Waals surface area contributed by atoms with Crippen LogP contribution in [0.2, 0.25) is 0 Å². The number of carbonyl (C=O) groups is 1. The second-order valence-corrected chi connectivity index (χ2v) is 3.98. The normalized spacial score (nSPS) is 29.6. The van der Waals surface area contributed by atoms with Crippen molar-refractivity contribution in [1.29, 1.82) is 0 Å². The van der Waals surface area contributed by atoms with Crippen LogP contribution in [0.3, 0.4) is 0 Å². The number of rotatable bonds is 3. The van der Waals surface area contributed by atoms with Crippen molar-refractivity contribution in [2.24, 2.45) is 11.8 Å². The first-order chi connectivity index (χ1) is 5.59. The van der Waals surface area contributed by atoms with Gasteiger partial charge >= 0.3 is 5.97 Å². The Balaban J connectivity index is 2.30. The van der Waals surface area contributed by atoms with Crippen LogP contribution in [0.4, 0.5) is 0 Å². The number of carboxylic acids is 1. The third-order valence-electron chi connectivity index (χ3n) is 2.51. The first kappa shape index (κ1) is 9.52. The Morgan fingerprint density at radius 2 is 2.17 bits per heavy atom. The Bertz CT molecular complexity index is 168. The van der Waals surface area contributed by atoms with Crippen LogP contribution < -0.4 is 0 Å².